The van der Waals surface area contributed by atoms with Crippen LogP contribution in [0.15, 0.2) is 0 Å². The van der Waals surface area contributed by atoms with Crippen molar-refractivity contribution in [2.24, 2.45) is 0 Å². The van der Waals surface area contributed by atoms with Crippen molar-refractivity contribution in [3.63, 3.8) is 0 Å². The zero-order chi connectivity index (χ0) is 45.2. The molecule has 27 nitrogen and oxygen atoms in total. The van der Waals surface area contributed by atoms with E-state index in [1.807, 2.05) is 0 Å². The average molecular weight is 895 g/mol. The van der Waals surface area contributed by atoms with Crippen molar-refractivity contribution in [3.05, 3.63) is 0 Å². The van der Waals surface area contributed by atoms with Crippen LogP contribution in [0.2, 0.25) is 0 Å². The van der Waals surface area contributed by atoms with Crippen molar-refractivity contribution in [2.45, 2.75) is 174 Å². The molecule has 5 rings (SSSR count). The normalized spacial score (nSPS) is 49.6. The number of aliphatic hydroxyl groups is 14. The summed E-state index contributed by atoms with van der Waals surface area (Å²) in [5.74, 6) is -1.49. The highest BCUT2D eigenvalue weighted by Gasteiger charge is 2.56. The van der Waals surface area contributed by atoms with Crippen molar-refractivity contribution < 1.29 is 124 Å². The lowest BCUT2D eigenvalue weighted by molar-refractivity contribution is -0.383. The van der Waals surface area contributed by atoms with Gasteiger partial charge in [0, 0.05) is 13.8 Å². The fraction of sp³-hybridized carbons (Fsp3) is 0.941. The number of carbonyl (C=O) groups is 2. The first-order valence-electron chi connectivity index (χ1n) is 19.4. The number of hydrogen-bond donors (Lipinski definition) is 16. The zero-order valence-electron chi connectivity index (χ0n) is 33.0. The van der Waals surface area contributed by atoms with Crippen LogP contribution in [0.4, 0.5) is 0 Å². The lowest BCUT2D eigenvalue weighted by Crippen LogP contribution is -2.69. The minimum Gasteiger partial charge on any atom is -0.394 e. The molecule has 5 aliphatic heterocycles. The number of amides is 2. The van der Waals surface area contributed by atoms with Crippen LogP contribution >= 0.6 is 0 Å². The van der Waals surface area contributed by atoms with E-state index in [-0.39, 0.29) is 0 Å². The standard InChI is InChI=1S/C34H58N2O25/c1-8-17(42)22(47)25(50)32(54-8)61-29-24(49)19(44)12(5-38)57-34(29)59-27-13(6-39)58-31(15(21(27)46)35-9(2)40)53-7-14-20(45)28(16(30(52)55-14)36-10(3)41)60-33-26(51)23(48)18(43)11(4-37)56-33/h8,11-34,37-39,42-52H,4-7H2,1-3H3,(H,35,40)(H,36,41)/t8-,11+,12+,13+,14+,15+,16+,17+,18-,19-,20-,21+,22+,23-,24-,25-,26+,27+,28+,29+,30+,31+,32-,33-,34-/m0/s1. The largest absolute Gasteiger partial charge is 0.394 e. The van der Waals surface area contributed by atoms with Gasteiger partial charge in [0.25, 0.3) is 0 Å². The van der Waals surface area contributed by atoms with Crippen LogP contribution in [-0.4, -0.2) is 263 Å². The second-order valence-electron chi connectivity index (χ2n) is 15.4. The molecule has 0 aromatic rings. The monoisotopic (exact) mass is 894 g/mol. The van der Waals surface area contributed by atoms with Crippen molar-refractivity contribution >= 4 is 11.8 Å². The van der Waals surface area contributed by atoms with E-state index in [1.165, 1.54) is 6.92 Å². The Morgan fingerprint density at radius 3 is 1.51 bits per heavy atom. The lowest BCUT2D eigenvalue weighted by Gasteiger charge is -2.49. The van der Waals surface area contributed by atoms with Gasteiger partial charge in [0.2, 0.25) is 11.8 Å². The predicted octanol–water partition coefficient (Wildman–Crippen LogP) is -10.6. The summed E-state index contributed by atoms with van der Waals surface area (Å²) in [6, 6.07) is -3.15. The quantitative estimate of drug-likeness (QED) is 0.0770. The molecule has 0 aliphatic carbocycles. The molecule has 5 fully saturated rings. The van der Waals surface area contributed by atoms with Gasteiger partial charge >= 0.3 is 0 Å². The van der Waals surface area contributed by atoms with Gasteiger partial charge in [0.15, 0.2) is 31.5 Å². The van der Waals surface area contributed by atoms with Crippen molar-refractivity contribution in [3.8, 4) is 0 Å². The molecule has 2 amide bonds. The highest BCUT2D eigenvalue weighted by atomic mass is 16.8. The van der Waals surface area contributed by atoms with E-state index < -0.39 is 192 Å². The van der Waals surface area contributed by atoms with Gasteiger partial charge < -0.3 is 125 Å². The van der Waals surface area contributed by atoms with Crippen LogP contribution in [0.5, 0.6) is 0 Å². The van der Waals surface area contributed by atoms with Gasteiger partial charge in [-0.15, -0.1) is 0 Å². The topological polar surface area (TPSA) is 424 Å². The summed E-state index contributed by atoms with van der Waals surface area (Å²) in [4.78, 5) is 24.4. The Morgan fingerprint density at radius 1 is 0.459 bits per heavy atom. The number of rotatable bonds is 14. The Morgan fingerprint density at radius 2 is 0.934 bits per heavy atom. The Balaban J connectivity index is 1.34. The Bertz CT molecular complexity index is 1420. The molecule has 27 heteroatoms. The summed E-state index contributed by atoms with van der Waals surface area (Å²) in [5, 5.41) is 152. The van der Waals surface area contributed by atoms with Gasteiger partial charge in [-0.2, -0.15) is 0 Å². The first-order valence-corrected chi connectivity index (χ1v) is 19.4. The Labute approximate surface area is 346 Å². The number of aliphatic hydroxyl groups excluding tert-OH is 14. The molecule has 0 aromatic heterocycles. The summed E-state index contributed by atoms with van der Waals surface area (Å²) < 4.78 is 51.1. The molecule has 5 saturated heterocycles. The second kappa shape index (κ2) is 21.3. The SMILES string of the molecule is CC(=O)N[C@@H]1[C@@H](O[C@@H]2O[C@H](CO)[C@H](O)[C@H](O)[C@H]2O)[C@@H](O)[C@@H](CO[C@@H]2O[C@H](CO)[C@@H](O[C@@H]3O[C@H](CO)[C@H](O)[C@H](O)[C@H]3O[C@@H]3O[C@@H](C)[C@@H](O)[C@@H](O)[C@@H]3O)[C@H](O)[C@H]2NC(C)=O)O[C@H]1O. The molecule has 0 saturated carbocycles. The number of carbonyl (C=O) groups excluding carboxylic acids is 2. The highest BCUT2D eigenvalue weighted by Crippen LogP contribution is 2.34. The zero-order valence-corrected chi connectivity index (χ0v) is 33.0. The first-order chi connectivity index (χ1) is 28.7. The third-order valence-corrected chi connectivity index (χ3v) is 11.1. The van der Waals surface area contributed by atoms with Gasteiger partial charge in [-0.3, -0.25) is 9.59 Å². The van der Waals surface area contributed by atoms with E-state index in [4.69, 9.17) is 42.6 Å². The van der Waals surface area contributed by atoms with Crippen LogP contribution in [0, 0.1) is 0 Å². The summed E-state index contributed by atoms with van der Waals surface area (Å²) in [6.07, 6.45) is -40.1. The van der Waals surface area contributed by atoms with Crippen LogP contribution in [0.3, 0.4) is 0 Å². The molecule has 354 valence electrons. The van der Waals surface area contributed by atoms with E-state index in [1.54, 1.807) is 0 Å². The molecule has 0 unspecified atom stereocenters. The summed E-state index contributed by atoms with van der Waals surface area (Å²) in [7, 11) is 0. The minimum absolute atomic E-state index is 0.728. The van der Waals surface area contributed by atoms with Crippen LogP contribution in [-0.2, 0) is 52.2 Å². The van der Waals surface area contributed by atoms with Crippen LogP contribution < -0.4 is 10.6 Å². The van der Waals surface area contributed by atoms with E-state index in [2.05, 4.69) is 10.6 Å². The lowest BCUT2D eigenvalue weighted by atomic mass is 9.94. The van der Waals surface area contributed by atoms with E-state index >= 15 is 0 Å². The number of hydrogen-bond acceptors (Lipinski definition) is 25. The molecular formula is C34H58N2O25. The highest BCUT2D eigenvalue weighted by molar-refractivity contribution is 5.73. The van der Waals surface area contributed by atoms with Crippen molar-refractivity contribution in [1.82, 2.24) is 10.6 Å². The van der Waals surface area contributed by atoms with Gasteiger partial charge in [-0.05, 0) is 6.92 Å². The Kier molecular flexibility index (Phi) is 17.5. The molecular weight excluding hydrogens is 836 g/mol. The molecule has 5 heterocycles. The first kappa shape index (κ1) is 50.0. The summed E-state index contributed by atoms with van der Waals surface area (Å²) >= 11 is 0. The molecule has 0 radical (unpaired) electrons. The van der Waals surface area contributed by atoms with Crippen molar-refractivity contribution in [1.29, 1.82) is 0 Å². The number of nitrogens with one attached hydrogen (secondary N) is 2. The second-order valence-corrected chi connectivity index (χ2v) is 15.4. The molecule has 61 heavy (non-hydrogen) atoms. The van der Waals surface area contributed by atoms with Crippen LogP contribution in [0.25, 0.3) is 0 Å². The average Bonchev–Trinajstić information content (AvgIpc) is 3.21. The number of ether oxygens (including phenoxy) is 9. The summed E-state index contributed by atoms with van der Waals surface area (Å²) in [5.41, 5.74) is 0. The van der Waals surface area contributed by atoms with E-state index in [0.29, 0.717) is 0 Å². The van der Waals surface area contributed by atoms with Crippen molar-refractivity contribution in [2.75, 3.05) is 26.4 Å². The third-order valence-electron chi connectivity index (χ3n) is 11.1. The molecule has 0 bridgehead atoms. The molecule has 0 aromatic carbocycles. The van der Waals surface area contributed by atoms with Gasteiger partial charge in [0.05, 0.1) is 32.5 Å². The van der Waals surface area contributed by atoms with E-state index in [9.17, 15) is 81.1 Å². The fourth-order valence-corrected chi connectivity index (χ4v) is 7.66. The van der Waals surface area contributed by atoms with Gasteiger partial charge in [0.1, 0.15) is 116 Å². The Hall–Kier alpha value is -1.98. The predicted molar refractivity (Wildman–Crippen MR) is 188 cm³/mol. The van der Waals surface area contributed by atoms with Crippen LogP contribution in [0.1, 0.15) is 20.8 Å². The third kappa shape index (κ3) is 10.9. The maximum absolute atomic E-state index is 12.4. The molecule has 5 aliphatic rings. The molecule has 0 spiro atoms. The summed E-state index contributed by atoms with van der Waals surface area (Å²) in [6.45, 7) is 0.0649. The maximum Gasteiger partial charge on any atom is 0.217 e. The van der Waals surface area contributed by atoms with Gasteiger partial charge in [-0.25, -0.2) is 0 Å². The maximum atomic E-state index is 12.4. The molecule has 25 atom stereocenters. The van der Waals surface area contributed by atoms with E-state index in [0.717, 1.165) is 13.8 Å². The molecule has 16 N–H and O–H groups in total. The van der Waals surface area contributed by atoms with Gasteiger partial charge in [-0.1, -0.05) is 0 Å². The smallest absolute Gasteiger partial charge is 0.217 e. The fourth-order valence-electron chi connectivity index (χ4n) is 7.66. The minimum atomic E-state index is -1.96.